The van der Waals surface area contributed by atoms with Gasteiger partial charge in [0, 0.05) is 34.7 Å². The van der Waals surface area contributed by atoms with E-state index in [0.29, 0.717) is 0 Å². The molecule has 7 rings (SSSR count). The summed E-state index contributed by atoms with van der Waals surface area (Å²) in [6.45, 7) is 18.5. The molecule has 306 valence electrons. The fraction of sp³-hybridized carbons (Fsp3) is 0.222. The summed E-state index contributed by atoms with van der Waals surface area (Å²) in [5.41, 5.74) is 11.5. The smallest absolute Gasteiger partial charge is 0.120 e. The van der Waals surface area contributed by atoms with Crippen LogP contribution in [-0.4, -0.2) is 28.3 Å². The van der Waals surface area contributed by atoms with E-state index in [2.05, 4.69) is 185 Å². The molecular formula is C54H56N2O2S2. The Kier molecular flexibility index (Phi) is 12.7. The molecule has 2 unspecified atom stereocenters. The first-order valence-corrected chi connectivity index (χ1v) is 22.0. The zero-order chi connectivity index (χ0) is 42.6. The fourth-order valence-electron chi connectivity index (χ4n) is 8.45. The van der Waals surface area contributed by atoms with Crippen LogP contribution in [0.25, 0.3) is 0 Å². The van der Waals surface area contributed by atoms with E-state index in [1.54, 1.807) is 37.7 Å². The van der Waals surface area contributed by atoms with Gasteiger partial charge in [-0.15, -0.1) is 0 Å². The number of ether oxygens (including phenoxy) is 2. The van der Waals surface area contributed by atoms with E-state index < -0.39 is 0 Å². The average Bonchev–Trinajstić information content (AvgIpc) is 3.74. The molecule has 0 spiro atoms. The quantitative estimate of drug-likeness (QED) is 0.103. The first-order chi connectivity index (χ1) is 28.8. The van der Waals surface area contributed by atoms with Gasteiger partial charge in [-0.25, -0.2) is 0 Å². The van der Waals surface area contributed by atoms with Crippen molar-refractivity contribution in [3.63, 3.8) is 0 Å². The van der Waals surface area contributed by atoms with Crippen LogP contribution in [0.3, 0.4) is 0 Å². The third-order valence-electron chi connectivity index (χ3n) is 12.3. The first kappa shape index (κ1) is 42.6. The van der Waals surface area contributed by atoms with Crippen molar-refractivity contribution in [3.8, 4) is 11.5 Å². The molecule has 0 N–H and O–H groups in total. The van der Waals surface area contributed by atoms with E-state index in [0.717, 1.165) is 45.5 Å². The highest BCUT2D eigenvalue weighted by Gasteiger charge is 2.33. The van der Waals surface area contributed by atoms with Gasteiger partial charge >= 0.3 is 0 Å². The molecule has 2 aliphatic rings. The number of benzene rings is 5. The van der Waals surface area contributed by atoms with Gasteiger partial charge in [-0.05, 0) is 120 Å². The third kappa shape index (κ3) is 8.68. The number of hydrogen-bond acceptors (Lipinski definition) is 6. The molecule has 0 bridgehead atoms. The Morgan fingerprint density at radius 2 is 0.967 bits per heavy atom. The maximum absolute atomic E-state index is 5.47. The van der Waals surface area contributed by atoms with E-state index in [-0.39, 0.29) is 10.8 Å². The van der Waals surface area contributed by atoms with Crippen LogP contribution >= 0.6 is 23.5 Å². The van der Waals surface area contributed by atoms with Crippen LogP contribution in [0.4, 0.5) is 11.4 Å². The Morgan fingerprint density at radius 3 is 1.33 bits per heavy atom. The van der Waals surface area contributed by atoms with Crippen LogP contribution in [0.5, 0.6) is 11.5 Å². The van der Waals surface area contributed by atoms with Crippen molar-refractivity contribution in [1.82, 2.24) is 0 Å². The highest BCUT2D eigenvalue weighted by Crippen LogP contribution is 2.48. The van der Waals surface area contributed by atoms with Crippen molar-refractivity contribution in [2.24, 2.45) is 0 Å². The van der Waals surface area contributed by atoms with Crippen molar-refractivity contribution < 1.29 is 9.47 Å². The molecule has 0 fully saturated rings. The zero-order valence-electron chi connectivity index (χ0n) is 36.2. The standard InChI is InChI=1S/C54H56N2O2S2/c1-37-17-11-13-21-45(37)53(5,39(3)19-15-23-51-55(7)47-31-29-43(57-9)33-49(47)59-51)35-41-25-27-42(28-26-41)36-54(6,46-22-14-12-18-38(46)2)40(4)20-16-24-52-56(8)48-32-30-44(58-10)34-50(48)60-52/h11-34H,3-4,35-36H2,1-2,5-10H3/b19-15+,20-16+,51-23-,52-24-. The molecule has 2 aliphatic heterocycles. The second-order valence-corrected chi connectivity index (χ2v) is 18.4. The molecule has 2 heterocycles. The summed E-state index contributed by atoms with van der Waals surface area (Å²) in [5, 5.41) is 2.33. The van der Waals surface area contributed by atoms with Crippen LogP contribution in [0.2, 0.25) is 0 Å². The average molecular weight is 829 g/mol. The molecule has 5 aromatic rings. The number of hydrogen-bond donors (Lipinski definition) is 0. The first-order valence-electron chi connectivity index (χ1n) is 20.4. The van der Waals surface area contributed by atoms with E-state index >= 15 is 0 Å². The van der Waals surface area contributed by atoms with E-state index in [4.69, 9.17) is 22.6 Å². The lowest BCUT2D eigenvalue weighted by Gasteiger charge is -2.34. The van der Waals surface area contributed by atoms with Gasteiger partial charge < -0.3 is 19.3 Å². The number of fused-ring (bicyclic) bond motifs is 2. The summed E-state index contributed by atoms with van der Waals surface area (Å²) in [6, 6.07) is 39.1. The molecule has 0 saturated heterocycles. The van der Waals surface area contributed by atoms with Gasteiger partial charge in [0.15, 0.2) is 0 Å². The predicted octanol–water partition coefficient (Wildman–Crippen LogP) is 13.7. The molecule has 0 amide bonds. The van der Waals surface area contributed by atoms with Gasteiger partial charge in [0.25, 0.3) is 0 Å². The van der Waals surface area contributed by atoms with Crippen molar-refractivity contribution in [2.45, 2.75) is 61.2 Å². The zero-order valence-corrected chi connectivity index (χ0v) is 37.8. The van der Waals surface area contributed by atoms with E-state index in [1.165, 1.54) is 54.5 Å². The number of nitrogens with zero attached hydrogens (tertiary/aromatic N) is 2. The normalized spacial score (nSPS) is 16.9. The molecule has 60 heavy (non-hydrogen) atoms. The monoisotopic (exact) mass is 828 g/mol. The van der Waals surface area contributed by atoms with Crippen molar-refractivity contribution in [2.75, 3.05) is 38.1 Å². The molecule has 0 radical (unpaired) electrons. The summed E-state index contributed by atoms with van der Waals surface area (Å²) in [4.78, 5) is 6.85. The summed E-state index contributed by atoms with van der Waals surface area (Å²) < 4.78 is 10.9. The maximum atomic E-state index is 5.47. The van der Waals surface area contributed by atoms with Gasteiger partial charge in [0.2, 0.25) is 0 Å². The lowest BCUT2D eigenvalue weighted by molar-refractivity contribution is 0.413. The minimum Gasteiger partial charge on any atom is -0.497 e. The lowest BCUT2D eigenvalue weighted by atomic mass is 9.69. The minimum absolute atomic E-state index is 0.324. The summed E-state index contributed by atoms with van der Waals surface area (Å²) in [6.07, 6.45) is 14.7. The van der Waals surface area contributed by atoms with Gasteiger partial charge in [0.05, 0.1) is 35.7 Å². The number of thioether (sulfide) groups is 2. The highest BCUT2D eigenvalue weighted by molar-refractivity contribution is 8.04. The van der Waals surface area contributed by atoms with E-state index in [1.807, 2.05) is 12.1 Å². The van der Waals surface area contributed by atoms with Crippen molar-refractivity contribution in [1.29, 1.82) is 0 Å². The second-order valence-electron chi connectivity index (χ2n) is 16.2. The fourth-order valence-corrected chi connectivity index (χ4v) is 10.6. The summed E-state index contributed by atoms with van der Waals surface area (Å²) >= 11 is 3.51. The third-order valence-corrected chi connectivity index (χ3v) is 14.6. The van der Waals surface area contributed by atoms with Gasteiger partial charge in [-0.1, -0.05) is 148 Å². The van der Waals surface area contributed by atoms with Gasteiger partial charge in [-0.3, -0.25) is 0 Å². The molecular weight excluding hydrogens is 773 g/mol. The molecule has 4 nitrogen and oxygen atoms in total. The van der Waals surface area contributed by atoms with Crippen molar-refractivity contribution in [3.05, 3.63) is 213 Å². The second kappa shape index (κ2) is 18.0. The Balaban J connectivity index is 1.11. The topological polar surface area (TPSA) is 24.9 Å². The Bertz CT molecular complexity index is 2370. The number of aryl methyl sites for hydroxylation is 2. The number of methoxy groups -OCH3 is 2. The highest BCUT2D eigenvalue weighted by atomic mass is 32.2. The molecule has 6 heteroatoms. The summed E-state index contributed by atoms with van der Waals surface area (Å²) in [5.74, 6) is 1.74. The SMILES string of the molecule is C=C(/C=C/C=C1\Sc2cc(OC)ccc2N1C)C(C)(Cc1ccc(CC(C)(C(=C)/C=C/C=C2\Sc3cc(OC)ccc3N2C)c2ccccc2C)cc1)c1ccccc1C. The number of anilines is 2. The minimum atomic E-state index is -0.324. The Hall–Kier alpha value is -5.56. The lowest BCUT2D eigenvalue weighted by Crippen LogP contribution is -2.28. The molecule has 0 aromatic heterocycles. The van der Waals surface area contributed by atoms with Crippen LogP contribution in [0.15, 0.2) is 190 Å². The predicted molar refractivity (Wildman–Crippen MR) is 258 cm³/mol. The Morgan fingerprint density at radius 1 is 0.583 bits per heavy atom. The maximum Gasteiger partial charge on any atom is 0.120 e. The van der Waals surface area contributed by atoms with E-state index in [9.17, 15) is 0 Å². The van der Waals surface area contributed by atoms with Crippen molar-refractivity contribution >= 4 is 34.9 Å². The largest absolute Gasteiger partial charge is 0.497 e. The van der Waals surface area contributed by atoms with Gasteiger partial charge in [-0.2, -0.15) is 0 Å². The van der Waals surface area contributed by atoms with Crippen LogP contribution in [0, 0.1) is 13.8 Å². The summed E-state index contributed by atoms with van der Waals surface area (Å²) in [7, 11) is 7.65. The Labute approximate surface area is 366 Å². The molecule has 5 aromatic carbocycles. The van der Waals surface area contributed by atoms with Gasteiger partial charge in [0.1, 0.15) is 11.5 Å². The van der Waals surface area contributed by atoms with Crippen LogP contribution in [-0.2, 0) is 23.7 Å². The van der Waals surface area contributed by atoms with Crippen LogP contribution < -0.4 is 19.3 Å². The molecule has 0 aliphatic carbocycles. The molecule has 0 saturated carbocycles. The number of allylic oxidation sites excluding steroid dienone is 8. The number of rotatable bonds is 14. The molecule has 2 atom stereocenters. The van der Waals surface area contributed by atoms with Crippen LogP contribution in [0.1, 0.15) is 47.2 Å².